The van der Waals surface area contributed by atoms with Gasteiger partial charge < -0.3 is 5.73 Å². The van der Waals surface area contributed by atoms with E-state index in [1.165, 1.54) is 11.8 Å². The number of nitrogens with one attached hydrogen (secondary N) is 1. The van der Waals surface area contributed by atoms with Gasteiger partial charge in [0.1, 0.15) is 0 Å². The number of thioether (sulfide) groups is 1. The predicted octanol–water partition coefficient (Wildman–Crippen LogP) is 3.31. The summed E-state index contributed by atoms with van der Waals surface area (Å²) in [6.45, 7) is 3.81. The first-order chi connectivity index (χ1) is 13.0. The van der Waals surface area contributed by atoms with E-state index in [2.05, 4.69) is 15.5 Å². The first kappa shape index (κ1) is 19.1. The van der Waals surface area contributed by atoms with Crippen molar-refractivity contribution in [3.8, 4) is 16.4 Å². The maximum Gasteiger partial charge on any atom is 0.318 e. The molecule has 0 spiro atoms. The standard InChI is InChI=1S/C18H19N5O2S2/c1-11(2)14(16(24)20-17(19)25)27-18-22-21-15(13-9-6-10-26-13)23(18)12-7-4-3-5-8-12/h3-11,14H,1-2H3,(H3,19,20,24,25)/t14-/m0/s1. The van der Waals surface area contributed by atoms with Gasteiger partial charge in [0, 0.05) is 5.69 Å². The first-order valence-electron chi connectivity index (χ1n) is 8.29. The molecule has 3 aromatic rings. The molecule has 1 aromatic carbocycles. The Kier molecular flexibility index (Phi) is 5.92. The zero-order chi connectivity index (χ0) is 19.4. The molecule has 0 saturated heterocycles. The SMILES string of the molecule is CC(C)[C@H](Sc1nnc(-c2cccs2)n1-c1ccccc1)C(=O)NC(N)=O. The Bertz CT molecular complexity index is 923. The molecule has 27 heavy (non-hydrogen) atoms. The number of hydrogen-bond donors (Lipinski definition) is 2. The van der Waals surface area contributed by atoms with Crippen molar-refractivity contribution in [2.75, 3.05) is 0 Å². The van der Waals surface area contributed by atoms with E-state index in [1.54, 1.807) is 11.3 Å². The molecule has 7 nitrogen and oxygen atoms in total. The number of nitrogens with zero attached hydrogens (tertiary/aromatic N) is 3. The van der Waals surface area contributed by atoms with Crippen LogP contribution in [0.3, 0.4) is 0 Å². The maximum atomic E-state index is 12.4. The summed E-state index contributed by atoms with van der Waals surface area (Å²) in [6, 6.07) is 12.8. The van der Waals surface area contributed by atoms with Crippen molar-refractivity contribution < 1.29 is 9.59 Å². The highest BCUT2D eigenvalue weighted by Gasteiger charge is 2.28. The molecular weight excluding hydrogens is 382 g/mol. The normalized spacial score (nSPS) is 12.1. The minimum absolute atomic E-state index is 0.0412. The third-order valence-electron chi connectivity index (χ3n) is 3.73. The largest absolute Gasteiger partial charge is 0.351 e. The number of nitrogens with two attached hydrogens (primary N) is 1. The van der Waals surface area contributed by atoms with E-state index in [4.69, 9.17) is 5.73 Å². The number of thiophene rings is 1. The molecule has 9 heteroatoms. The third-order valence-corrected chi connectivity index (χ3v) is 6.09. The molecule has 0 saturated carbocycles. The van der Waals surface area contributed by atoms with Gasteiger partial charge in [-0.2, -0.15) is 0 Å². The molecule has 0 radical (unpaired) electrons. The number of para-hydroxylation sites is 1. The van der Waals surface area contributed by atoms with Gasteiger partial charge in [-0.25, -0.2) is 4.79 Å². The van der Waals surface area contributed by atoms with Crippen LogP contribution in [-0.2, 0) is 4.79 Å². The van der Waals surface area contributed by atoms with Crippen LogP contribution in [0.1, 0.15) is 13.8 Å². The van der Waals surface area contributed by atoms with Gasteiger partial charge in [0.05, 0.1) is 10.1 Å². The van der Waals surface area contributed by atoms with Gasteiger partial charge in [-0.05, 0) is 29.5 Å². The summed E-state index contributed by atoms with van der Waals surface area (Å²) in [4.78, 5) is 24.5. The lowest BCUT2D eigenvalue weighted by molar-refractivity contribution is -0.120. The van der Waals surface area contributed by atoms with E-state index < -0.39 is 17.2 Å². The molecule has 0 aliphatic heterocycles. The average Bonchev–Trinajstić information content (AvgIpc) is 3.28. The van der Waals surface area contributed by atoms with E-state index in [0.717, 1.165) is 10.6 Å². The lowest BCUT2D eigenvalue weighted by Gasteiger charge is -2.19. The number of carbonyl (C=O) groups is 2. The quantitative estimate of drug-likeness (QED) is 0.617. The fourth-order valence-corrected chi connectivity index (χ4v) is 4.27. The van der Waals surface area contributed by atoms with Crippen LogP contribution in [0, 0.1) is 5.92 Å². The molecule has 3 amide bonds. The summed E-state index contributed by atoms with van der Waals surface area (Å²) in [5.41, 5.74) is 6.00. The van der Waals surface area contributed by atoms with E-state index in [1.807, 2.05) is 66.3 Å². The number of primary amides is 1. The van der Waals surface area contributed by atoms with Crippen LogP contribution < -0.4 is 11.1 Å². The molecule has 0 aliphatic carbocycles. The van der Waals surface area contributed by atoms with Gasteiger partial charge in [0.25, 0.3) is 0 Å². The minimum Gasteiger partial charge on any atom is -0.351 e. The highest BCUT2D eigenvalue weighted by molar-refractivity contribution is 8.00. The zero-order valence-electron chi connectivity index (χ0n) is 14.8. The van der Waals surface area contributed by atoms with Gasteiger partial charge in [0.15, 0.2) is 11.0 Å². The Morgan fingerprint density at radius 1 is 1.15 bits per heavy atom. The lowest BCUT2D eigenvalue weighted by atomic mass is 10.1. The van der Waals surface area contributed by atoms with Crippen molar-refractivity contribution in [3.05, 3.63) is 47.8 Å². The molecule has 2 aromatic heterocycles. The Labute approximate surface area is 165 Å². The number of carbonyl (C=O) groups excluding carboxylic acids is 2. The second-order valence-electron chi connectivity index (χ2n) is 6.09. The van der Waals surface area contributed by atoms with Crippen molar-refractivity contribution in [2.45, 2.75) is 24.3 Å². The molecule has 3 N–H and O–H groups in total. The van der Waals surface area contributed by atoms with Crippen molar-refractivity contribution in [2.24, 2.45) is 11.7 Å². The van der Waals surface area contributed by atoms with E-state index in [-0.39, 0.29) is 5.92 Å². The summed E-state index contributed by atoms with van der Waals surface area (Å²) in [5.74, 6) is 0.222. The summed E-state index contributed by atoms with van der Waals surface area (Å²) < 4.78 is 1.92. The summed E-state index contributed by atoms with van der Waals surface area (Å²) >= 11 is 2.83. The zero-order valence-corrected chi connectivity index (χ0v) is 16.5. The molecule has 3 rings (SSSR count). The summed E-state index contributed by atoms with van der Waals surface area (Å²) in [5, 5.41) is 12.8. The summed E-state index contributed by atoms with van der Waals surface area (Å²) in [6.07, 6.45) is 0. The fourth-order valence-electron chi connectivity index (χ4n) is 2.52. The predicted molar refractivity (Wildman–Crippen MR) is 107 cm³/mol. The van der Waals surface area contributed by atoms with Gasteiger partial charge in [-0.3, -0.25) is 14.7 Å². The Balaban J connectivity index is 2.02. The van der Waals surface area contributed by atoms with Crippen LogP contribution in [0.25, 0.3) is 16.4 Å². The number of rotatable bonds is 6. The highest BCUT2D eigenvalue weighted by Crippen LogP contribution is 2.33. The van der Waals surface area contributed by atoms with Crippen LogP contribution in [0.4, 0.5) is 4.79 Å². The maximum absolute atomic E-state index is 12.4. The van der Waals surface area contributed by atoms with Crippen LogP contribution in [0.5, 0.6) is 0 Å². The van der Waals surface area contributed by atoms with Crippen LogP contribution in [-0.4, -0.2) is 32.0 Å². The lowest BCUT2D eigenvalue weighted by Crippen LogP contribution is -2.42. The van der Waals surface area contributed by atoms with Crippen LogP contribution >= 0.6 is 23.1 Å². The second-order valence-corrected chi connectivity index (χ2v) is 8.15. The first-order valence-corrected chi connectivity index (χ1v) is 10.0. The van der Waals surface area contributed by atoms with Crippen molar-refractivity contribution in [1.82, 2.24) is 20.1 Å². The van der Waals surface area contributed by atoms with E-state index in [0.29, 0.717) is 11.0 Å². The van der Waals surface area contributed by atoms with Crippen LogP contribution in [0.2, 0.25) is 0 Å². The topological polar surface area (TPSA) is 103 Å². The van der Waals surface area contributed by atoms with E-state index >= 15 is 0 Å². The number of benzene rings is 1. The van der Waals surface area contributed by atoms with Crippen molar-refractivity contribution in [3.63, 3.8) is 0 Å². The van der Waals surface area contributed by atoms with Gasteiger partial charge in [-0.1, -0.05) is 49.9 Å². The molecular formula is C18H19N5O2S2. The Hall–Kier alpha value is -2.65. The fraction of sp³-hybridized carbons (Fsp3) is 0.222. The second kappa shape index (κ2) is 8.36. The number of hydrogen-bond acceptors (Lipinski definition) is 6. The number of urea groups is 1. The molecule has 1 atom stereocenters. The van der Waals surface area contributed by atoms with Crippen molar-refractivity contribution in [1.29, 1.82) is 0 Å². The smallest absolute Gasteiger partial charge is 0.318 e. The van der Waals surface area contributed by atoms with Crippen LogP contribution in [0.15, 0.2) is 53.0 Å². The third kappa shape index (κ3) is 4.37. The molecule has 0 fully saturated rings. The minimum atomic E-state index is -0.866. The van der Waals surface area contributed by atoms with Gasteiger partial charge >= 0.3 is 6.03 Å². The highest BCUT2D eigenvalue weighted by atomic mass is 32.2. The number of amides is 3. The number of aromatic nitrogens is 3. The van der Waals surface area contributed by atoms with Gasteiger partial charge in [0.2, 0.25) is 5.91 Å². The molecule has 0 bridgehead atoms. The monoisotopic (exact) mass is 401 g/mol. The average molecular weight is 402 g/mol. The molecule has 0 aliphatic rings. The molecule has 140 valence electrons. The summed E-state index contributed by atoms with van der Waals surface area (Å²) in [7, 11) is 0. The Morgan fingerprint density at radius 3 is 2.48 bits per heavy atom. The molecule has 0 unspecified atom stereocenters. The van der Waals surface area contributed by atoms with Crippen molar-refractivity contribution >= 4 is 35.0 Å². The van der Waals surface area contributed by atoms with E-state index in [9.17, 15) is 9.59 Å². The molecule has 2 heterocycles. The van der Waals surface area contributed by atoms with Gasteiger partial charge in [-0.15, -0.1) is 21.5 Å². The Morgan fingerprint density at radius 2 is 1.89 bits per heavy atom. The number of imide groups is 1.